The van der Waals surface area contributed by atoms with Crippen LogP contribution in [-0.2, 0) is 9.53 Å². The van der Waals surface area contributed by atoms with Gasteiger partial charge in [-0.05, 0) is 19.4 Å². The summed E-state index contributed by atoms with van der Waals surface area (Å²) < 4.78 is 5.12. The van der Waals surface area contributed by atoms with Crippen molar-refractivity contribution in [2.45, 2.75) is 13.8 Å². The van der Waals surface area contributed by atoms with Crippen molar-refractivity contribution in [2.24, 2.45) is 0 Å². The summed E-state index contributed by atoms with van der Waals surface area (Å²) in [5.41, 5.74) is 0.743. The molecular formula is C19H25N5O4S2. The topological polar surface area (TPSA) is 104 Å². The number of rotatable bonds is 7. The van der Waals surface area contributed by atoms with Crippen molar-refractivity contribution in [1.29, 1.82) is 0 Å². The summed E-state index contributed by atoms with van der Waals surface area (Å²) in [5, 5.41) is 8.66. The van der Waals surface area contributed by atoms with Gasteiger partial charge in [-0.25, -0.2) is 9.78 Å². The Balaban J connectivity index is 1.65. The fourth-order valence-corrected chi connectivity index (χ4v) is 5.07. The van der Waals surface area contributed by atoms with Crippen molar-refractivity contribution in [1.82, 2.24) is 15.2 Å². The lowest BCUT2D eigenvalue weighted by Gasteiger charge is -2.34. The summed E-state index contributed by atoms with van der Waals surface area (Å²) in [5.74, 6) is -1.08. The van der Waals surface area contributed by atoms with Gasteiger partial charge in [0.25, 0.3) is 5.91 Å². The molecule has 0 unspecified atom stereocenters. The minimum atomic E-state index is -0.547. The molecule has 3 heterocycles. The Morgan fingerprint density at radius 3 is 2.57 bits per heavy atom. The van der Waals surface area contributed by atoms with E-state index in [9.17, 15) is 14.4 Å². The number of thiophene rings is 1. The molecule has 0 aliphatic carbocycles. The van der Waals surface area contributed by atoms with Crippen molar-refractivity contribution in [3.05, 3.63) is 27.6 Å². The molecule has 0 bridgehead atoms. The van der Waals surface area contributed by atoms with Crippen LogP contribution in [0.2, 0.25) is 0 Å². The quantitative estimate of drug-likeness (QED) is 0.619. The van der Waals surface area contributed by atoms with Gasteiger partial charge in [-0.15, -0.1) is 22.7 Å². The Hall–Kier alpha value is -2.50. The van der Waals surface area contributed by atoms with E-state index in [1.807, 2.05) is 5.38 Å². The van der Waals surface area contributed by atoms with E-state index in [4.69, 9.17) is 4.74 Å². The standard InChI is InChI=1S/C19H25N5O4S2/c1-4-28-18(27)14-12(2)15(16(26)20-3)30-17(14)22-13(25)11-23-6-8-24(9-7-23)19-21-5-10-29-19/h5,10H,4,6-9,11H2,1-3H3,(H,20,26)(H,22,25). The number of nitrogens with one attached hydrogen (secondary N) is 2. The summed E-state index contributed by atoms with van der Waals surface area (Å²) in [7, 11) is 1.52. The minimum absolute atomic E-state index is 0.209. The number of ether oxygens (including phenoxy) is 1. The number of hydrogen-bond donors (Lipinski definition) is 2. The molecule has 1 fully saturated rings. The van der Waals surface area contributed by atoms with Crippen LogP contribution in [0.15, 0.2) is 11.6 Å². The van der Waals surface area contributed by atoms with E-state index in [2.05, 4.69) is 25.4 Å². The van der Waals surface area contributed by atoms with Crippen LogP contribution in [0.25, 0.3) is 0 Å². The van der Waals surface area contributed by atoms with Crippen LogP contribution >= 0.6 is 22.7 Å². The molecule has 3 rings (SSSR count). The van der Waals surface area contributed by atoms with Gasteiger partial charge >= 0.3 is 5.97 Å². The van der Waals surface area contributed by atoms with Gasteiger partial charge in [0.2, 0.25) is 5.91 Å². The highest BCUT2D eigenvalue weighted by Gasteiger charge is 2.27. The molecule has 1 aliphatic rings. The van der Waals surface area contributed by atoms with Crippen LogP contribution < -0.4 is 15.5 Å². The SMILES string of the molecule is CCOC(=O)c1c(NC(=O)CN2CCN(c3nccs3)CC2)sc(C(=O)NC)c1C. The molecule has 0 radical (unpaired) electrons. The van der Waals surface area contributed by atoms with Gasteiger partial charge in [0.1, 0.15) is 5.00 Å². The highest BCUT2D eigenvalue weighted by molar-refractivity contribution is 7.18. The van der Waals surface area contributed by atoms with Crippen LogP contribution in [0.3, 0.4) is 0 Å². The molecule has 0 aromatic carbocycles. The summed E-state index contributed by atoms with van der Waals surface area (Å²) in [4.78, 5) is 46.2. The van der Waals surface area contributed by atoms with Crippen molar-refractivity contribution >= 4 is 50.6 Å². The normalized spacial score (nSPS) is 14.4. The zero-order valence-electron chi connectivity index (χ0n) is 17.2. The third kappa shape index (κ3) is 4.97. The fourth-order valence-electron chi connectivity index (χ4n) is 3.22. The summed E-state index contributed by atoms with van der Waals surface area (Å²) in [6.45, 7) is 6.89. The predicted molar refractivity (Wildman–Crippen MR) is 118 cm³/mol. The Labute approximate surface area is 183 Å². The van der Waals surface area contributed by atoms with Gasteiger partial charge < -0.3 is 20.3 Å². The lowest BCUT2D eigenvalue weighted by Crippen LogP contribution is -2.48. The van der Waals surface area contributed by atoms with Gasteiger partial charge in [0.15, 0.2) is 5.13 Å². The van der Waals surface area contributed by atoms with E-state index in [-0.39, 0.29) is 30.5 Å². The summed E-state index contributed by atoms with van der Waals surface area (Å²) in [6.07, 6.45) is 1.79. The lowest BCUT2D eigenvalue weighted by atomic mass is 10.1. The van der Waals surface area contributed by atoms with Crippen LogP contribution in [-0.4, -0.2) is 74.0 Å². The van der Waals surface area contributed by atoms with Crippen LogP contribution in [0, 0.1) is 6.92 Å². The molecule has 1 aliphatic heterocycles. The number of thiazole rings is 1. The smallest absolute Gasteiger partial charge is 0.341 e. The second kappa shape index (κ2) is 10.0. The van der Waals surface area contributed by atoms with E-state index < -0.39 is 5.97 Å². The number of nitrogens with zero attached hydrogens (tertiary/aromatic N) is 3. The largest absolute Gasteiger partial charge is 0.462 e. The van der Waals surface area contributed by atoms with Gasteiger partial charge in [0, 0.05) is 44.8 Å². The van der Waals surface area contributed by atoms with E-state index in [1.165, 1.54) is 7.05 Å². The first-order valence-corrected chi connectivity index (χ1v) is 11.3. The van der Waals surface area contributed by atoms with Crippen molar-refractivity contribution in [3.8, 4) is 0 Å². The third-order valence-corrected chi connectivity index (χ3v) is 6.78. The minimum Gasteiger partial charge on any atom is -0.462 e. The molecule has 2 aromatic rings. The highest BCUT2D eigenvalue weighted by Crippen LogP contribution is 2.33. The lowest BCUT2D eigenvalue weighted by molar-refractivity contribution is -0.117. The molecule has 2 aromatic heterocycles. The zero-order valence-corrected chi connectivity index (χ0v) is 18.8. The second-order valence-corrected chi connectivity index (χ2v) is 8.58. The Morgan fingerprint density at radius 1 is 1.23 bits per heavy atom. The first kappa shape index (κ1) is 22.2. The molecular weight excluding hydrogens is 426 g/mol. The van der Waals surface area contributed by atoms with Gasteiger partial charge in [-0.2, -0.15) is 0 Å². The number of piperazine rings is 1. The number of hydrogen-bond acceptors (Lipinski definition) is 9. The first-order chi connectivity index (χ1) is 14.4. The Bertz CT molecular complexity index is 904. The van der Waals surface area contributed by atoms with Gasteiger partial charge in [-0.1, -0.05) is 0 Å². The van der Waals surface area contributed by atoms with Gasteiger partial charge in [0.05, 0.1) is 23.6 Å². The molecule has 0 saturated carbocycles. The van der Waals surface area contributed by atoms with E-state index >= 15 is 0 Å². The summed E-state index contributed by atoms with van der Waals surface area (Å²) >= 11 is 2.69. The highest BCUT2D eigenvalue weighted by atomic mass is 32.1. The fraction of sp³-hybridized carbons (Fsp3) is 0.474. The average Bonchev–Trinajstić information content (AvgIpc) is 3.36. The number of carbonyl (C=O) groups excluding carboxylic acids is 3. The molecule has 9 nitrogen and oxygen atoms in total. The molecule has 11 heteroatoms. The predicted octanol–water partition coefficient (Wildman–Crippen LogP) is 1.81. The average molecular weight is 452 g/mol. The zero-order chi connectivity index (χ0) is 21.7. The van der Waals surface area contributed by atoms with Crippen LogP contribution in [0.5, 0.6) is 0 Å². The maximum Gasteiger partial charge on any atom is 0.341 e. The van der Waals surface area contributed by atoms with E-state index in [1.54, 1.807) is 31.4 Å². The number of esters is 1. The van der Waals surface area contributed by atoms with E-state index in [0.717, 1.165) is 42.6 Å². The number of anilines is 2. The summed E-state index contributed by atoms with van der Waals surface area (Å²) in [6, 6.07) is 0. The molecule has 0 atom stereocenters. The molecule has 162 valence electrons. The van der Waals surface area contributed by atoms with E-state index in [0.29, 0.717) is 15.4 Å². The van der Waals surface area contributed by atoms with Crippen molar-refractivity contribution in [3.63, 3.8) is 0 Å². The maximum absolute atomic E-state index is 12.7. The monoisotopic (exact) mass is 451 g/mol. The molecule has 30 heavy (non-hydrogen) atoms. The Morgan fingerprint density at radius 2 is 1.97 bits per heavy atom. The molecule has 0 spiro atoms. The van der Waals surface area contributed by atoms with Crippen molar-refractivity contribution in [2.75, 3.05) is 56.6 Å². The Kier molecular flexibility index (Phi) is 7.40. The van der Waals surface area contributed by atoms with Crippen molar-refractivity contribution < 1.29 is 19.1 Å². The number of carbonyl (C=O) groups is 3. The molecule has 2 amide bonds. The second-order valence-electron chi connectivity index (χ2n) is 6.69. The molecule has 1 saturated heterocycles. The van der Waals surface area contributed by atoms with Gasteiger partial charge in [-0.3, -0.25) is 14.5 Å². The first-order valence-electron chi connectivity index (χ1n) is 9.63. The third-order valence-electron chi connectivity index (χ3n) is 4.74. The van der Waals surface area contributed by atoms with Crippen LogP contribution in [0.1, 0.15) is 32.5 Å². The number of amides is 2. The van der Waals surface area contributed by atoms with Crippen LogP contribution in [0.4, 0.5) is 10.1 Å². The molecule has 2 N–H and O–H groups in total. The maximum atomic E-state index is 12.7. The number of aromatic nitrogens is 1.